The van der Waals surface area contributed by atoms with E-state index in [-0.39, 0.29) is 12.3 Å². The van der Waals surface area contributed by atoms with Crippen LogP contribution in [0.25, 0.3) is 0 Å². The molecule has 0 rings (SSSR count). The minimum Gasteiger partial charge on any atom is -0.394 e. The van der Waals surface area contributed by atoms with Gasteiger partial charge in [0.15, 0.2) is 0 Å². The Morgan fingerprint density at radius 1 is 0.561 bits per heavy atom. The van der Waals surface area contributed by atoms with Gasteiger partial charge in [-0.2, -0.15) is 0 Å². The molecule has 1 amide bonds. The van der Waals surface area contributed by atoms with Crippen LogP contribution in [0.4, 0.5) is 4.39 Å². The molecular formula is C36H72FNO3. The molecule has 0 heterocycles. The van der Waals surface area contributed by atoms with Crippen molar-refractivity contribution in [3.63, 3.8) is 0 Å². The molecule has 0 bridgehead atoms. The summed E-state index contributed by atoms with van der Waals surface area (Å²) in [6.45, 7) is 4.07. The van der Waals surface area contributed by atoms with Gasteiger partial charge in [-0.15, -0.1) is 0 Å². The summed E-state index contributed by atoms with van der Waals surface area (Å²) >= 11 is 0. The van der Waals surface area contributed by atoms with Crippen molar-refractivity contribution in [1.82, 2.24) is 5.32 Å². The number of unbranched alkanes of at least 4 members (excludes halogenated alkanes) is 25. The van der Waals surface area contributed by atoms with Gasteiger partial charge in [0.25, 0.3) is 0 Å². The van der Waals surface area contributed by atoms with E-state index in [4.69, 9.17) is 0 Å². The summed E-state index contributed by atoms with van der Waals surface area (Å²) in [7, 11) is 0. The molecular weight excluding hydrogens is 513 g/mol. The lowest BCUT2D eigenvalue weighted by molar-refractivity contribution is -0.123. The van der Waals surface area contributed by atoms with Gasteiger partial charge in [0.2, 0.25) is 5.91 Å². The number of aliphatic hydroxyl groups is 2. The fraction of sp³-hybridized carbons (Fsp3) is 0.972. The Morgan fingerprint density at radius 2 is 0.878 bits per heavy atom. The van der Waals surface area contributed by atoms with Crippen molar-refractivity contribution in [2.45, 2.75) is 218 Å². The molecule has 0 aromatic heterocycles. The maximum absolute atomic E-state index is 14.6. The summed E-state index contributed by atoms with van der Waals surface area (Å²) in [6.07, 6.45) is 31.7. The van der Waals surface area contributed by atoms with Gasteiger partial charge in [-0.05, 0) is 12.8 Å². The van der Waals surface area contributed by atoms with Gasteiger partial charge in [0.1, 0.15) is 12.3 Å². The number of amides is 1. The SMILES string of the molecule is CCCCCCCCCCCCCCCCCC(=O)N[C@@H](CO)[C@H](O)[C@@H](F)CCCCCCCCCCCCCC. The third-order valence-electron chi connectivity index (χ3n) is 8.67. The minimum atomic E-state index is -1.42. The number of alkyl halides is 1. The molecule has 4 nitrogen and oxygen atoms in total. The molecule has 0 spiro atoms. The first kappa shape index (κ1) is 40.3. The second-order valence-corrected chi connectivity index (χ2v) is 12.7. The molecule has 3 N–H and O–H groups in total. The van der Waals surface area contributed by atoms with Gasteiger partial charge >= 0.3 is 0 Å². The maximum atomic E-state index is 14.6. The molecule has 3 atom stereocenters. The van der Waals surface area contributed by atoms with Gasteiger partial charge < -0.3 is 15.5 Å². The molecule has 0 saturated heterocycles. The monoisotopic (exact) mass is 586 g/mol. The topological polar surface area (TPSA) is 69.6 Å². The summed E-state index contributed by atoms with van der Waals surface area (Å²) in [6, 6.07) is -0.925. The van der Waals surface area contributed by atoms with E-state index < -0.39 is 24.9 Å². The van der Waals surface area contributed by atoms with Crippen molar-refractivity contribution in [2.75, 3.05) is 6.61 Å². The van der Waals surface area contributed by atoms with E-state index in [1.54, 1.807) is 0 Å². The third-order valence-corrected chi connectivity index (χ3v) is 8.67. The summed E-state index contributed by atoms with van der Waals surface area (Å²) in [5.74, 6) is -0.199. The molecule has 0 fully saturated rings. The van der Waals surface area contributed by atoms with Crippen molar-refractivity contribution in [2.24, 2.45) is 0 Å². The van der Waals surface area contributed by atoms with E-state index in [0.29, 0.717) is 6.42 Å². The van der Waals surface area contributed by atoms with Crippen molar-refractivity contribution >= 4 is 5.91 Å². The standard InChI is InChI=1S/C36H72FNO3/c1-3-5-7-9-11-13-15-17-18-19-21-23-25-27-29-31-35(40)38-34(32-39)36(41)33(37)30-28-26-24-22-20-16-14-12-10-8-6-4-2/h33-34,36,39,41H,3-32H2,1-2H3,(H,38,40)/t33-,34-,36+/m0/s1. The average Bonchev–Trinajstić information content (AvgIpc) is 2.97. The number of halogens is 1. The number of nitrogens with one attached hydrogen (secondary N) is 1. The van der Waals surface area contributed by atoms with Crippen molar-refractivity contribution < 1.29 is 19.4 Å². The molecule has 0 aliphatic carbocycles. The zero-order chi connectivity index (χ0) is 30.2. The van der Waals surface area contributed by atoms with Gasteiger partial charge in [0, 0.05) is 6.42 Å². The van der Waals surface area contributed by atoms with Crippen LogP contribution in [0, 0.1) is 0 Å². The van der Waals surface area contributed by atoms with Crippen LogP contribution >= 0.6 is 0 Å². The van der Waals surface area contributed by atoms with Crippen molar-refractivity contribution in [3.8, 4) is 0 Å². The van der Waals surface area contributed by atoms with Crippen LogP contribution in [0.3, 0.4) is 0 Å². The smallest absolute Gasteiger partial charge is 0.220 e. The summed E-state index contributed by atoms with van der Waals surface area (Å²) in [5, 5.41) is 22.7. The van der Waals surface area contributed by atoms with E-state index in [2.05, 4.69) is 19.2 Å². The summed E-state index contributed by atoms with van der Waals surface area (Å²) in [5.41, 5.74) is 0. The highest BCUT2D eigenvalue weighted by Crippen LogP contribution is 2.17. The number of carbonyl (C=O) groups is 1. The Kier molecular flexibility index (Phi) is 31.7. The summed E-state index contributed by atoms with van der Waals surface area (Å²) < 4.78 is 14.6. The molecule has 0 unspecified atom stereocenters. The van der Waals surface area contributed by atoms with Crippen molar-refractivity contribution in [3.05, 3.63) is 0 Å². The van der Waals surface area contributed by atoms with Crippen LogP contribution in [0.1, 0.15) is 200 Å². The van der Waals surface area contributed by atoms with E-state index in [1.165, 1.54) is 135 Å². The zero-order valence-corrected chi connectivity index (χ0v) is 27.6. The Morgan fingerprint density at radius 3 is 1.22 bits per heavy atom. The van der Waals surface area contributed by atoms with Gasteiger partial charge in [-0.3, -0.25) is 4.79 Å². The second-order valence-electron chi connectivity index (χ2n) is 12.7. The normalized spacial score (nSPS) is 13.8. The molecule has 41 heavy (non-hydrogen) atoms. The van der Waals surface area contributed by atoms with Crippen LogP contribution in [-0.4, -0.2) is 41.0 Å². The fourth-order valence-electron chi connectivity index (χ4n) is 5.78. The number of hydrogen-bond donors (Lipinski definition) is 3. The molecule has 0 aromatic carbocycles. The summed E-state index contributed by atoms with van der Waals surface area (Å²) in [4.78, 5) is 12.3. The molecule has 0 saturated carbocycles. The Bertz CT molecular complexity index is 533. The molecule has 5 heteroatoms. The number of hydrogen-bond acceptors (Lipinski definition) is 3. The van der Waals surface area contributed by atoms with Gasteiger partial charge in [0.05, 0.1) is 12.6 Å². The van der Waals surface area contributed by atoms with E-state index >= 15 is 0 Å². The Hall–Kier alpha value is -0.680. The minimum absolute atomic E-state index is 0.199. The van der Waals surface area contributed by atoms with E-state index in [1.807, 2.05) is 0 Å². The van der Waals surface area contributed by atoms with E-state index in [9.17, 15) is 19.4 Å². The highest BCUT2D eigenvalue weighted by Gasteiger charge is 2.28. The molecule has 246 valence electrons. The molecule has 0 aliphatic rings. The van der Waals surface area contributed by atoms with Crippen LogP contribution < -0.4 is 5.32 Å². The number of rotatable bonds is 33. The molecule has 0 aliphatic heterocycles. The predicted molar refractivity (Wildman–Crippen MR) is 175 cm³/mol. The second kappa shape index (κ2) is 32.2. The first-order valence-corrected chi connectivity index (χ1v) is 18.3. The largest absolute Gasteiger partial charge is 0.394 e. The highest BCUT2D eigenvalue weighted by molar-refractivity contribution is 5.76. The van der Waals surface area contributed by atoms with Crippen LogP contribution in [0.15, 0.2) is 0 Å². The lowest BCUT2D eigenvalue weighted by Crippen LogP contribution is -2.49. The first-order valence-electron chi connectivity index (χ1n) is 18.3. The molecule has 0 aromatic rings. The highest BCUT2D eigenvalue weighted by atomic mass is 19.1. The van der Waals surface area contributed by atoms with E-state index in [0.717, 1.165) is 38.5 Å². The number of carbonyl (C=O) groups excluding carboxylic acids is 1. The lowest BCUT2D eigenvalue weighted by Gasteiger charge is -2.25. The lowest BCUT2D eigenvalue weighted by atomic mass is 10.00. The maximum Gasteiger partial charge on any atom is 0.220 e. The average molecular weight is 586 g/mol. The van der Waals surface area contributed by atoms with Crippen LogP contribution in [0.5, 0.6) is 0 Å². The van der Waals surface area contributed by atoms with Crippen molar-refractivity contribution in [1.29, 1.82) is 0 Å². The quantitative estimate of drug-likeness (QED) is 0.0671. The molecule has 0 radical (unpaired) electrons. The van der Waals surface area contributed by atoms with Gasteiger partial charge in [-0.25, -0.2) is 4.39 Å². The Labute approximate surface area is 255 Å². The van der Waals surface area contributed by atoms with Crippen LogP contribution in [-0.2, 0) is 4.79 Å². The first-order chi connectivity index (χ1) is 20.1. The fourth-order valence-corrected chi connectivity index (χ4v) is 5.78. The third kappa shape index (κ3) is 27.9. The van der Waals surface area contributed by atoms with Gasteiger partial charge in [-0.1, -0.05) is 181 Å². The zero-order valence-electron chi connectivity index (χ0n) is 27.6. The van der Waals surface area contributed by atoms with Crippen LogP contribution in [0.2, 0.25) is 0 Å². The predicted octanol–water partition coefficient (Wildman–Crippen LogP) is 10.5. The number of aliphatic hydroxyl groups excluding tert-OH is 2. The Balaban J connectivity index is 3.66.